The Morgan fingerprint density at radius 3 is 1.46 bits per heavy atom. The highest BCUT2D eigenvalue weighted by Gasteiger charge is 2.21. The normalized spacial score (nSPS) is 12.8. The summed E-state index contributed by atoms with van der Waals surface area (Å²) in [5, 5.41) is 5.13. The van der Waals surface area contributed by atoms with Crippen molar-refractivity contribution in [2.75, 3.05) is 0 Å². The fraction of sp³-hybridized carbons (Fsp3) is 0.0417. The first-order chi connectivity index (χ1) is 11.8. The van der Waals surface area contributed by atoms with Gasteiger partial charge in [0.2, 0.25) is 0 Å². The second-order valence-electron chi connectivity index (χ2n) is 6.44. The molecule has 0 saturated heterocycles. The molecular weight excluding hydrogens is 288 g/mol. The molecule has 0 radical (unpaired) electrons. The third kappa shape index (κ3) is 1.88. The number of rotatable bonds is 0. The maximum Gasteiger partial charge on any atom is 0.0309 e. The SMILES string of the molecule is C=C=C1c2cc3ccccc3cc2Cc2cc3ccccc3cc21. The molecule has 0 N–H and O–H groups in total. The minimum absolute atomic E-state index is 0.964. The number of hydrogen-bond donors (Lipinski definition) is 0. The van der Waals surface area contributed by atoms with Gasteiger partial charge in [-0.15, -0.1) is 5.73 Å². The van der Waals surface area contributed by atoms with Gasteiger partial charge in [-0.2, -0.15) is 0 Å². The predicted molar refractivity (Wildman–Crippen MR) is 102 cm³/mol. The molecule has 0 nitrogen and oxygen atoms in total. The second-order valence-corrected chi connectivity index (χ2v) is 6.44. The molecule has 24 heavy (non-hydrogen) atoms. The van der Waals surface area contributed by atoms with Gasteiger partial charge < -0.3 is 0 Å². The molecule has 0 heterocycles. The molecule has 0 spiro atoms. The van der Waals surface area contributed by atoms with Crippen LogP contribution in [0, 0.1) is 0 Å². The minimum atomic E-state index is 0.964. The zero-order valence-electron chi connectivity index (χ0n) is 13.3. The summed E-state index contributed by atoms with van der Waals surface area (Å²) in [7, 11) is 0. The van der Waals surface area contributed by atoms with Gasteiger partial charge in [0.25, 0.3) is 0 Å². The van der Waals surface area contributed by atoms with E-state index in [4.69, 9.17) is 0 Å². The van der Waals surface area contributed by atoms with E-state index >= 15 is 0 Å². The zero-order valence-corrected chi connectivity index (χ0v) is 13.3. The van der Waals surface area contributed by atoms with Gasteiger partial charge in [0.1, 0.15) is 0 Å². The Balaban J connectivity index is 1.83. The lowest BCUT2D eigenvalue weighted by molar-refractivity contribution is 1.15. The summed E-state index contributed by atoms with van der Waals surface area (Å²) in [6, 6.07) is 26.3. The van der Waals surface area contributed by atoms with E-state index in [0.717, 1.165) is 12.0 Å². The van der Waals surface area contributed by atoms with Crippen molar-refractivity contribution in [3.8, 4) is 0 Å². The lowest BCUT2D eigenvalue weighted by Gasteiger charge is -2.23. The first-order valence-corrected chi connectivity index (χ1v) is 8.27. The van der Waals surface area contributed by atoms with E-state index in [9.17, 15) is 0 Å². The molecule has 0 aliphatic heterocycles. The van der Waals surface area contributed by atoms with Crippen molar-refractivity contribution in [2.24, 2.45) is 0 Å². The fourth-order valence-electron chi connectivity index (χ4n) is 3.87. The Morgan fingerprint density at radius 2 is 1.04 bits per heavy atom. The largest absolute Gasteiger partial charge is 0.119 e. The van der Waals surface area contributed by atoms with Gasteiger partial charge in [0.15, 0.2) is 0 Å². The Morgan fingerprint density at radius 1 is 0.625 bits per heavy atom. The molecule has 0 atom stereocenters. The van der Waals surface area contributed by atoms with E-state index < -0.39 is 0 Å². The van der Waals surface area contributed by atoms with Crippen LogP contribution in [0.25, 0.3) is 27.1 Å². The van der Waals surface area contributed by atoms with Gasteiger partial charge in [0.05, 0.1) is 0 Å². The van der Waals surface area contributed by atoms with Crippen molar-refractivity contribution < 1.29 is 0 Å². The average Bonchev–Trinajstić information content (AvgIpc) is 2.63. The maximum absolute atomic E-state index is 3.98. The molecule has 0 fully saturated rings. The van der Waals surface area contributed by atoms with E-state index in [-0.39, 0.29) is 0 Å². The molecule has 4 aromatic carbocycles. The standard InChI is InChI=1S/C24H16/c1-2-22-23-14-18-9-5-3-7-16(18)11-20(23)13-21-12-17-8-4-6-10-19(17)15-24(21)22/h3-12,14-15H,1,13H2. The van der Waals surface area contributed by atoms with Gasteiger partial charge in [-0.05, 0) is 62.4 Å². The summed E-state index contributed by atoms with van der Waals surface area (Å²) in [5.74, 6) is 0. The smallest absolute Gasteiger partial charge is 0.0309 e. The summed E-state index contributed by atoms with van der Waals surface area (Å²) in [6.07, 6.45) is 0.964. The van der Waals surface area contributed by atoms with Crippen LogP contribution in [0.15, 0.2) is 85.1 Å². The van der Waals surface area contributed by atoms with E-state index in [1.165, 1.54) is 43.8 Å². The monoisotopic (exact) mass is 304 g/mol. The molecule has 0 saturated carbocycles. The van der Waals surface area contributed by atoms with Crippen molar-refractivity contribution in [2.45, 2.75) is 6.42 Å². The quantitative estimate of drug-likeness (QED) is 0.303. The van der Waals surface area contributed by atoms with Gasteiger partial charge in [0, 0.05) is 5.57 Å². The highest BCUT2D eigenvalue weighted by Crippen LogP contribution is 2.39. The molecule has 0 unspecified atom stereocenters. The van der Waals surface area contributed by atoms with E-state index in [1.54, 1.807) is 0 Å². The van der Waals surface area contributed by atoms with E-state index in [1.807, 2.05) is 0 Å². The van der Waals surface area contributed by atoms with Crippen LogP contribution >= 0.6 is 0 Å². The highest BCUT2D eigenvalue weighted by molar-refractivity contribution is 5.96. The molecular formula is C24H16. The van der Waals surface area contributed by atoms with Crippen molar-refractivity contribution >= 4 is 27.1 Å². The fourth-order valence-corrected chi connectivity index (χ4v) is 3.87. The maximum atomic E-state index is 3.98. The van der Waals surface area contributed by atoms with Crippen molar-refractivity contribution in [1.29, 1.82) is 0 Å². The van der Waals surface area contributed by atoms with Gasteiger partial charge in [-0.25, -0.2) is 0 Å². The molecule has 0 aromatic heterocycles. The number of fused-ring (bicyclic) bond motifs is 4. The predicted octanol–water partition coefficient (Wildman–Crippen LogP) is 6.11. The van der Waals surface area contributed by atoms with Crippen LogP contribution in [0.1, 0.15) is 22.3 Å². The Kier molecular flexibility index (Phi) is 2.76. The molecule has 1 aliphatic carbocycles. The summed E-state index contributed by atoms with van der Waals surface area (Å²) in [4.78, 5) is 0. The highest BCUT2D eigenvalue weighted by atomic mass is 14.2. The molecule has 0 amide bonds. The molecule has 0 bridgehead atoms. The first-order valence-electron chi connectivity index (χ1n) is 8.27. The second kappa shape index (κ2) is 4.96. The van der Waals surface area contributed by atoms with Crippen molar-refractivity contribution in [1.82, 2.24) is 0 Å². The van der Waals surface area contributed by atoms with Crippen LogP contribution in [0.2, 0.25) is 0 Å². The van der Waals surface area contributed by atoms with Crippen LogP contribution in [-0.2, 0) is 6.42 Å². The summed E-state index contributed by atoms with van der Waals surface area (Å²) < 4.78 is 0. The van der Waals surface area contributed by atoms with Crippen molar-refractivity contribution in [3.63, 3.8) is 0 Å². The molecule has 1 aliphatic rings. The Bertz CT molecular complexity index is 1080. The zero-order chi connectivity index (χ0) is 16.1. The Hall–Kier alpha value is -3.08. The van der Waals surface area contributed by atoms with Crippen LogP contribution in [0.4, 0.5) is 0 Å². The summed E-state index contributed by atoms with van der Waals surface area (Å²) >= 11 is 0. The molecule has 5 rings (SSSR count). The van der Waals surface area contributed by atoms with Crippen LogP contribution in [0.5, 0.6) is 0 Å². The average molecular weight is 304 g/mol. The molecule has 112 valence electrons. The lowest BCUT2D eigenvalue weighted by Crippen LogP contribution is -2.06. The Labute approximate surface area is 141 Å². The van der Waals surface area contributed by atoms with Crippen molar-refractivity contribution in [3.05, 3.63) is 107 Å². The molecule has 4 aromatic rings. The van der Waals surface area contributed by atoms with Crippen LogP contribution < -0.4 is 0 Å². The van der Waals surface area contributed by atoms with E-state index in [0.29, 0.717) is 0 Å². The summed E-state index contributed by atoms with van der Waals surface area (Å²) in [5.41, 5.74) is 9.61. The number of benzene rings is 4. The summed E-state index contributed by atoms with van der Waals surface area (Å²) in [6.45, 7) is 3.98. The topological polar surface area (TPSA) is 0 Å². The minimum Gasteiger partial charge on any atom is -0.119 e. The molecule has 0 heteroatoms. The first kappa shape index (κ1) is 13.4. The van der Waals surface area contributed by atoms with Crippen LogP contribution in [0.3, 0.4) is 0 Å². The third-order valence-electron chi connectivity index (χ3n) is 5.04. The number of hydrogen-bond acceptors (Lipinski definition) is 0. The van der Waals surface area contributed by atoms with Crippen LogP contribution in [-0.4, -0.2) is 0 Å². The van der Waals surface area contributed by atoms with E-state index in [2.05, 4.69) is 85.1 Å². The van der Waals surface area contributed by atoms with Gasteiger partial charge in [-0.3, -0.25) is 0 Å². The lowest BCUT2D eigenvalue weighted by atomic mass is 9.80. The third-order valence-corrected chi connectivity index (χ3v) is 5.04. The van der Waals surface area contributed by atoms with Gasteiger partial charge in [-0.1, -0.05) is 67.2 Å². The van der Waals surface area contributed by atoms with Gasteiger partial charge >= 0.3 is 0 Å².